The van der Waals surface area contributed by atoms with E-state index < -0.39 is 0 Å². The second kappa shape index (κ2) is 22.2. The minimum absolute atomic E-state index is 0. The third-order valence-corrected chi connectivity index (χ3v) is 5.06. The van der Waals surface area contributed by atoms with Gasteiger partial charge in [0, 0.05) is 25.3 Å². The first-order valence-electron chi connectivity index (χ1n) is 11.9. The van der Waals surface area contributed by atoms with Gasteiger partial charge in [0.15, 0.2) is 0 Å². The van der Waals surface area contributed by atoms with Crippen molar-refractivity contribution in [3.63, 3.8) is 0 Å². The molecule has 0 saturated carbocycles. The van der Waals surface area contributed by atoms with Gasteiger partial charge in [-0.3, -0.25) is 4.79 Å². The molecule has 6 heteroatoms. The van der Waals surface area contributed by atoms with Crippen molar-refractivity contribution >= 4 is 17.6 Å². The highest BCUT2D eigenvalue weighted by Gasteiger charge is 2.17. The smallest absolute Gasteiger partial charge is 0.319 e. The molecule has 0 aromatic heterocycles. The average Bonchev–Trinajstić information content (AvgIpc) is 2.83. The van der Waals surface area contributed by atoms with Crippen molar-refractivity contribution in [1.29, 1.82) is 0 Å². The van der Waals surface area contributed by atoms with Crippen LogP contribution < -0.4 is 10.6 Å². The number of allylic oxidation sites excluding steroid dienone is 1. The highest BCUT2D eigenvalue weighted by Crippen LogP contribution is 2.14. The summed E-state index contributed by atoms with van der Waals surface area (Å²) >= 11 is 0. The summed E-state index contributed by atoms with van der Waals surface area (Å²) in [7, 11) is 0. The molecule has 34 heavy (non-hydrogen) atoms. The van der Waals surface area contributed by atoms with Crippen LogP contribution in [0.2, 0.25) is 0 Å². The van der Waals surface area contributed by atoms with Gasteiger partial charge in [0.25, 0.3) is 0 Å². The summed E-state index contributed by atoms with van der Waals surface area (Å²) in [6.45, 7) is 21.9. The molecule has 0 aliphatic carbocycles. The summed E-state index contributed by atoms with van der Waals surface area (Å²) < 4.78 is 10.5. The molecular formula is C28H50FN3O2. The van der Waals surface area contributed by atoms with Gasteiger partial charge < -0.3 is 15.5 Å². The minimum atomic E-state index is -0.243. The van der Waals surface area contributed by atoms with E-state index in [4.69, 9.17) is 0 Å². The lowest BCUT2D eigenvalue weighted by atomic mass is 9.97. The summed E-state index contributed by atoms with van der Waals surface area (Å²) in [5, 5.41) is 5.59. The molecule has 1 unspecified atom stereocenters. The molecule has 2 N–H and O–H groups in total. The van der Waals surface area contributed by atoms with E-state index >= 15 is 0 Å². The Labute approximate surface area is 208 Å². The molecule has 1 aromatic rings. The molecule has 1 rings (SSSR count). The van der Waals surface area contributed by atoms with E-state index in [1.165, 1.54) is 6.08 Å². The van der Waals surface area contributed by atoms with Gasteiger partial charge in [-0.1, -0.05) is 73.3 Å². The van der Waals surface area contributed by atoms with Crippen molar-refractivity contribution in [3.05, 3.63) is 54.9 Å². The number of carbonyl (C=O) groups excluding carboxylic acids is 2. The molecule has 0 spiro atoms. The largest absolute Gasteiger partial charge is 0.342 e. The van der Waals surface area contributed by atoms with E-state index in [1.807, 2.05) is 56.9 Å². The fourth-order valence-corrected chi connectivity index (χ4v) is 2.47. The number of urea groups is 1. The Kier molecular flexibility index (Phi) is 23.4. The number of nitrogens with one attached hydrogen (secondary N) is 2. The van der Waals surface area contributed by atoms with Gasteiger partial charge in [0.2, 0.25) is 5.91 Å². The Morgan fingerprint density at radius 1 is 1.12 bits per heavy atom. The fourth-order valence-electron chi connectivity index (χ4n) is 2.47. The van der Waals surface area contributed by atoms with Gasteiger partial charge in [0.05, 0.1) is 12.8 Å². The maximum Gasteiger partial charge on any atom is 0.319 e. The molecule has 5 nitrogen and oxygen atoms in total. The van der Waals surface area contributed by atoms with Crippen molar-refractivity contribution in [3.8, 4) is 0 Å². The number of rotatable bonds is 10. The Balaban J connectivity index is -0.00000124. The van der Waals surface area contributed by atoms with Crippen molar-refractivity contribution in [1.82, 2.24) is 10.2 Å². The summed E-state index contributed by atoms with van der Waals surface area (Å²) in [6, 6.07) is 7.18. The molecular weight excluding hydrogens is 429 g/mol. The lowest BCUT2D eigenvalue weighted by Gasteiger charge is -2.26. The number of hydrogen-bond acceptors (Lipinski definition) is 2. The van der Waals surface area contributed by atoms with Gasteiger partial charge in [0.1, 0.15) is 0 Å². The average molecular weight is 480 g/mol. The standard InChI is InChI=1S/C22H35N3O2.C3H5F.C2H6.CH4/c1-7-17(5)14-23-22(27)24-20-11-9-19(10-12-20)13-21(26)25(8-2)15-18(6)16(3)4;1-2-3-4;1-2;/h7,9-12,16-18H,1,8,13-15H2,2-6H3,(H2,23,24,27);2-3H,1H3;1-2H3;1H4/b;3-2+;;/t17?,18-;;;/m0.../s1. The summed E-state index contributed by atoms with van der Waals surface area (Å²) in [6.07, 6.45) is 4.01. The zero-order valence-corrected chi connectivity index (χ0v) is 22.0. The number of halogens is 1. The van der Waals surface area contributed by atoms with E-state index in [0.717, 1.165) is 18.7 Å². The molecule has 0 bridgehead atoms. The van der Waals surface area contributed by atoms with E-state index in [9.17, 15) is 14.0 Å². The number of benzene rings is 1. The molecule has 0 fully saturated rings. The van der Waals surface area contributed by atoms with Crippen LogP contribution in [-0.4, -0.2) is 36.5 Å². The van der Waals surface area contributed by atoms with Crippen LogP contribution in [0.5, 0.6) is 0 Å². The molecule has 3 amide bonds. The third kappa shape index (κ3) is 16.9. The SMILES string of the molecule is C.C/C=C/F.C=CC(C)CNC(=O)Nc1ccc(CC(=O)N(CC)C[C@H](C)C(C)C)cc1.CC. The van der Waals surface area contributed by atoms with Crippen molar-refractivity contribution < 1.29 is 14.0 Å². The van der Waals surface area contributed by atoms with Crippen LogP contribution in [0, 0.1) is 17.8 Å². The molecule has 0 aliphatic heterocycles. The van der Waals surface area contributed by atoms with Gasteiger partial charge in [-0.25, -0.2) is 9.18 Å². The first-order chi connectivity index (χ1) is 15.7. The molecule has 0 saturated heterocycles. The van der Waals surface area contributed by atoms with Gasteiger partial charge in [-0.05, 0) is 49.3 Å². The summed E-state index contributed by atoms with van der Waals surface area (Å²) in [5.74, 6) is 1.39. The van der Waals surface area contributed by atoms with Gasteiger partial charge in [-0.15, -0.1) is 6.58 Å². The Morgan fingerprint density at radius 2 is 1.65 bits per heavy atom. The van der Waals surface area contributed by atoms with Gasteiger partial charge in [-0.2, -0.15) is 0 Å². The number of anilines is 1. The zero-order chi connectivity index (χ0) is 25.8. The van der Waals surface area contributed by atoms with Crippen LogP contribution in [0.15, 0.2) is 49.3 Å². The molecule has 1 aromatic carbocycles. The number of amides is 3. The predicted octanol–water partition coefficient (Wildman–Crippen LogP) is 7.47. The Morgan fingerprint density at radius 3 is 2.06 bits per heavy atom. The monoisotopic (exact) mass is 479 g/mol. The highest BCUT2D eigenvalue weighted by molar-refractivity contribution is 5.89. The minimum Gasteiger partial charge on any atom is -0.342 e. The fraction of sp³-hybridized carbons (Fsp3) is 0.571. The van der Waals surface area contributed by atoms with Crippen LogP contribution in [0.1, 0.15) is 68.4 Å². The molecule has 0 aliphatic rings. The van der Waals surface area contributed by atoms with Crippen molar-refractivity contribution in [2.75, 3.05) is 25.0 Å². The quantitative estimate of drug-likeness (QED) is 0.342. The Hall–Kier alpha value is -2.63. The first kappa shape index (κ1) is 35.9. The number of likely N-dealkylation sites (N-methyl/N-ethyl adjacent to an activating group) is 1. The maximum absolute atomic E-state index is 12.6. The second-order valence-electron chi connectivity index (χ2n) is 8.03. The van der Waals surface area contributed by atoms with Gasteiger partial charge >= 0.3 is 6.03 Å². The zero-order valence-electron chi connectivity index (χ0n) is 22.0. The topological polar surface area (TPSA) is 61.4 Å². The second-order valence-corrected chi connectivity index (χ2v) is 8.03. The summed E-state index contributed by atoms with van der Waals surface area (Å²) in [4.78, 5) is 26.4. The number of carbonyl (C=O) groups is 2. The van der Waals surface area contributed by atoms with E-state index in [0.29, 0.717) is 36.8 Å². The highest BCUT2D eigenvalue weighted by atomic mass is 19.1. The summed E-state index contributed by atoms with van der Waals surface area (Å²) in [5.41, 5.74) is 1.65. The predicted molar refractivity (Wildman–Crippen MR) is 147 cm³/mol. The normalized spacial score (nSPS) is 11.6. The Bertz CT molecular complexity index is 683. The van der Waals surface area contributed by atoms with Crippen molar-refractivity contribution in [2.24, 2.45) is 17.8 Å². The van der Waals surface area contributed by atoms with Crippen LogP contribution in [0.3, 0.4) is 0 Å². The maximum atomic E-state index is 12.6. The molecule has 196 valence electrons. The lowest BCUT2D eigenvalue weighted by Crippen LogP contribution is -2.36. The molecule has 0 radical (unpaired) electrons. The van der Waals surface area contributed by atoms with Crippen LogP contribution in [-0.2, 0) is 11.2 Å². The number of nitrogens with zero attached hydrogens (tertiary/aromatic N) is 1. The number of hydrogen-bond donors (Lipinski definition) is 2. The third-order valence-electron chi connectivity index (χ3n) is 5.06. The van der Waals surface area contributed by atoms with E-state index in [2.05, 4.69) is 38.0 Å². The lowest BCUT2D eigenvalue weighted by molar-refractivity contribution is -0.131. The van der Waals surface area contributed by atoms with Crippen molar-refractivity contribution in [2.45, 2.75) is 69.2 Å². The van der Waals surface area contributed by atoms with Crippen LogP contribution in [0.4, 0.5) is 14.9 Å². The van der Waals surface area contributed by atoms with E-state index in [1.54, 1.807) is 13.0 Å². The first-order valence-corrected chi connectivity index (χ1v) is 11.9. The van der Waals surface area contributed by atoms with Crippen LogP contribution in [0.25, 0.3) is 0 Å². The molecule has 0 heterocycles. The van der Waals surface area contributed by atoms with Crippen LogP contribution >= 0.6 is 0 Å². The molecule has 2 atom stereocenters. The van der Waals surface area contributed by atoms with E-state index in [-0.39, 0.29) is 25.3 Å².